The molecule has 0 saturated carbocycles. The average molecular weight is 381 g/mol. The van der Waals surface area contributed by atoms with Crippen molar-refractivity contribution in [2.45, 2.75) is 45.1 Å². The molecule has 1 amide bonds. The maximum absolute atomic E-state index is 11.7. The summed E-state index contributed by atoms with van der Waals surface area (Å²) in [6.07, 6.45) is 1.99. The van der Waals surface area contributed by atoms with Gasteiger partial charge in [-0.25, -0.2) is 4.79 Å². The third-order valence-electron chi connectivity index (χ3n) is 4.42. The molecule has 1 aliphatic heterocycles. The zero-order chi connectivity index (χ0) is 19.7. The van der Waals surface area contributed by atoms with E-state index in [9.17, 15) is 14.4 Å². The summed E-state index contributed by atoms with van der Waals surface area (Å²) in [6, 6.07) is 8.69. The quantitative estimate of drug-likeness (QED) is 0.659. The molecule has 0 spiro atoms. The molecule has 0 radical (unpaired) electrons. The highest BCUT2D eigenvalue weighted by molar-refractivity contribution is 7.80. The number of benzene rings is 1. The Morgan fingerprint density at radius 3 is 2.31 bits per heavy atom. The molecule has 1 heterocycles. The Balaban J connectivity index is 0.000000263. The van der Waals surface area contributed by atoms with Crippen LogP contribution >= 0.6 is 12.6 Å². The van der Waals surface area contributed by atoms with Crippen LogP contribution in [0.5, 0.6) is 0 Å². The highest BCUT2D eigenvalue weighted by Crippen LogP contribution is 2.20. The SMILES string of the molecule is CCC(C(=O)O)c1ccccc1.C[C@H](CS)C(=O)N1CCC[C@H]1C(=O)O. The topological polar surface area (TPSA) is 94.9 Å². The van der Waals surface area contributed by atoms with Gasteiger partial charge in [-0.15, -0.1) is 0 Å². The summed E-state index contributed by atoms with van der Waals surface area (Å²) in [6.45, 7) is 4.21. The van der Waals surface area contributed by atoms with Crippen molar-refractivity contribution in [3.05, 3.63) is 35.9 Å². The lowest BCUT2D eigenvalue weighted by Crippen LogP contribution is -2.43. The number of carbonyl (C=O) groups is 3. The van der Waals surface area contributed by atoms with Crippen LogP contribution in [-0.4, -0.2) is 51.3 Å². The summed E-state index contributed by atoms with van der Waals surface area (Å²) in [4.78, 5) is 34.7. The Hall–Kier alpha value is -2.02. The molecule has 2 N–H and O–H groups in total. The molecular formula is C19H27NO5S. The lowest BCUT2D eigenvalue weighted by atomic mass is 9.97. The average Bonchev–Trinajstić information content (AvgIpc) is 3.12. The monoisotopic (exact) mass is 381 g/mol. The zero-order valence-electron chi connectivity index (χ0n) is 15.2. The van der Waals surface area contributed by atoms with Crippen LogP contribution in [-0.2, 0) is 14.4 Å². The lowest BCUT2D eigenvalue weighted by Gasteiger charge is -2.24. The lowest BCUT2D eigenvalue weighted by molar-refractivity contribution is -0.149. The van der Waals surface area contributed by atoms with Gasteiger partial charge in [0.25, 0.3) is 0 Å². The Labute approximate surface area is 159 Å². The maximum atomic E-state index is 11.7. The molecule has 2 rings (SSSR count). The van der Waals surface area contributed by atoms with Gasteiger partial charge in [0.15, 0.2) is 0 Å². The van der Waals surface area contributed by atoms with E-state index in [1.54, 1.807) is 6.92 Å². The number of likely N-dealkylation sites (tertiary alicyclic amines) is 1. The minimum atomic E-state index is -0.901. The number of rotatable bonds is 6. The maximum Gasteiger partial charge on any atom is 0.326 e. The fraction of sp³-hybridized carbons (Fsp3) is 0.526. The van der Waals surface area contributed by atoms with Crippen molar-refractivity contribution in [3.8, 4) is 0 Å². The predicted molar refractivity (Wildman–Crippen MR) is 102 cm³/mol. The first-order valence-electron chi connectivity index (χ1n) is 8.75. The summed E-state index contributed by atoms with van der Waals surface area (Å²) < 4.78 is 0. The van der Waals surface area contributed by atoms with Crippen LogP contribution in [0.2, 0.25) is 0 Å². The Kier molecular flexibility index (Phi) is 9.19. The second-order valence-corrected chi connectivity index (χ2v) is 6.69. The summed E-state index contributed by atoms with van der Waals surface area (Å²) in [7, 11) is 0. The number of hydrogen-bond donors (Lipinski definition) is 3. The van der Waals surface area contributed by atoms with Crippen molar-refractivity contribution >= 4 is 30.5 Å². The number of amides is 1. The zero-order valence-corrected chi connectivity index (χ0v) is 16.1. The molecule has 1 fully saturated rings. The third-order valence-corrected chi connectivity index (χ3v) is 4.97. The minimum Gasteiger partial charge on any atom is -0.481 e. The predicted octanol–water partition coefficient (Wildman–Crippen LogP) is 2.89. The number of thiol groups is 1. The number of carboxylic acid groups (broad SMARTS) is 2. The fourth-order valence-electron chi connectivity index (χ4n) is 2.89. The molecule has 0 bridgehead atoms. The van der Waals surface area contributed by atoms with Crippen LogP contribution in [0, 0.1) is 5.92 Å². The van der Waals surface area contributed by atoms with E-state index >= 15 is 0 Å². The minimum absolute atomic E-state index is 0.0927. The van der Waals surface area contributed by atoms with Crippen molar-refractivity contribution in [3.63, 3.8) is 0 Å². The Bertz CT molecular complexity index is 607. The molecular weight excluding hydrogens is 354 g/mol. The van der Waals surface area contributed by atoms with Gasteiger partial charge in [-0.05, 0) is 24.8 Å². The van der Waals surface area contributed by atoms with Crippen molar-refractivity contribution in [1.29, 1.82) is 0 Å². The molecule has 3 atom stereocenters. The molecule has 1 saturated heterocycles. The van der Waals surface area contributed by atoms with Crippen molar-refractivity contribution in [1.82, 2.24) is 4.90 Å². The molecule has 0 aromatic heterocycles. The molecule has 144 valence electrons. The van der Waals surface area contributed by atoms with E-state index in [1.165, 1.54) is 4.90 Å². The van der Waals surface area contributed by atoms with Crippen molar-refractivity contribution in [2.75, 3.05) is 12.3 Å². The van der Waals surface area contributed by atoms with Gasteiger partial charge in [0.2, 0.25) is 5.91 Å². The van der Waals surface area contributed by atoms with Gasteiger partial charge >= 0.3 is 11.9 Å². The second kappa shape index (κ2) is 10.9. The molecule has 7 heteroatoms. The first kappa shape index (κ1) is 22.0. The van der Waals surface area contributed by atoms with E-state index in [4.69, 9.17) is 10.2 Å². The van der Waals surface area contributed by atoms with Gasteiger partial charge in [-0.2, -0.15) is 12.6 Å². The van der Waals surface area contributed by atoms with E-state index in [-0.39, 0.29) is 17.7 Å². The number of hydrogen-bond acceptors (Lipinski definition) is 4. The van der Waals surface area contributed by atoms with Crippen LogP contribution < -0.4 is 0 Å². The van der Waals surface area contributed by atoms with E-state index in [2.05, 4.69) is 12.6 Å². The van der Waals surface area contributed by atoms with Crippen LogP contribution in [0.4, 0.5) is 0 Å². The summed E-state index contributed by atoms with van der Waals surface area (Å²) in [5, 5.41) is 17.7. The Morgan fingerprint density at radius 2 is 1.85 bits per heavy atom. The van der Waals surface area contributed by atoms with Gasteiger partial charge in [-0.1, -0.05) is 44.2 Å². The molecule has 1 aliphatic rings. The number of aliphatic carboxylic acids is 2. The number of carboxylic acids is 2. The van der Waals surface area contributed by atoms with Crippen molar-refractivity contribution < 1.29 is 24.6 Å². The summed E-state index contributed by atoms with van der Waals surface area (Å²) in [5.74, 6) is -1.83. The van der Waals surface area contributed by atoms with Crippen LogP contribution in [0.3, 0.4) is 0 Å². The molecule has 0 aliphatic carbocycles. The van der Waals surface area contributed by atoms with Gasteiger partial charge in [0.05, 0.1) is 5.92 Å². The van der Waals surface area contributed by atoms with Crippen LogP contribution in [0.25, 0.3) is 0 Å². The van der Waals surface area contributed by atoms with Crippen molar-refractivity contribution in [2.24, 2.45) is 5.92 Å². The summed E-state index contributed by atoms with van der Waals surface area (Å²) in [5.41, 5.74) is 0.882. The normalized spacial score (nSPS) is 18.4. The van der Waals surface area contributed by atoms with Gasteiger partial charge in [-0.3, -0.25) is 9.59 Å². The van der Waals surface area contributed by atoms with Crippen LogP contribution in [0.15, 0.2) is 30.3 Å². The van der Waals surface area contributed by atoms with Crippen LogP contribution in [0.1, 0.15) is 44.6 Å². The fourth-order valence-corrected chi connectivity index (χ4v) is 3.04. The molecule has 26 heavy (non-hydrogen) atoms. The third kappa shape index (κ3) is 6.05. The standard InChI is InChI=1S/C10H12O2.C9H15NO3S/c1-2-9(10(11)12)8-6-4-3-5-7-8;1-6(5-14)8(11)10-4-2-3-7(10)9(12)13/h3-7,9H,2H2,1H3,(H,11,12);6-7,14H,2-5H2,1H3,(H,12,13)/t;6-,7+/m.1/s1. The highest BCUT2D eigenvalue weighted by Gasteiger charge is 2.35. The van der Waals surface area contributed by atoms with E-state index < -0.39 is 18.0 Å². The Morgan fingerprint density at radius 1 is 1.23 bits per heavy atom. The van der Waals surface area contributed by atoms with Gasteiger partial charge in [0.1, 0.15) is 6.04 Å². The molecule has 1 unspecified atom stereocenters. The number of nitrogens with zero attached hydrogens (tertiary/aromatic N) is 1. The first-order chi connectivity index (χ1) is 12.3. The van der Waals surface area contributed by atoms with Gasteiger partial charge < -0.3 is 15.1 Å². The van der Waals surface area contributed by atoms with E-state index in [0.29, 0.717) is 25.1 Å². The van der Waals surface area contributed by atoms with Gasteiger partial charge in [0, 0.05) is 18.2 Å². The summed E-state index contributed by atoms with van der Waals surface area (Å²) >= 11 is 4.03. The van der Waals surface area contributed by atoms with E-state index in [1.807, 2.05) is 37.3 Å². The smallest absolute Gasteiger partial charge is 0.326 e. The number of carbonyl (C=O) groups excluding carboxylic acids is 1. The highest BCUT2D eigenvalue weighted by atomic mass is 32.1. The first-order valence-corrected chi connectivity index (χ1v) is 9.38. The second-order valence-electron chi connectivity index (χ2n) is 6.32. The molecule has 6 nitrogen and oxygen atoms in total. The largest absolute Gasteiger partial charge is 0.481 e. The van der Waals surface area contributed by atoms with E-state index in [0.717, 1.165) is 12.0 Å². The molecule has 1 aromatic rings. The molecule has 1 aromatic carbocycles.